The Hall–Kier alpha value is -2.06. The van der Waals surface area contributed by atoms with Crippen molar-refractivity contribution in [1.29, 1.82) is 5.26 Å². The van der Waals surface area contributed by atoms with Crippen molar-refractivity contribution in [2.45, 2.75) is 56.8 Å². The Kier molecular flexibility index (Phi) is 6.85. The lowest BCUT2D eigenvalue weighted by atomic mass is 9.76. The molecular weight excluding hydrogens is 384 g/mol. The van der Waals surface area contributed by atoms with Crippen LogP contribution in [0.25, 0.3) is 0 Å². The van der Waals surface area contributed by atoms with Crippen LogP contribution in [0.3, 0.4) is 0 Å². The Balaban J connectivity index is 0.00000240. The fraction of sp³-hybridized carbons (Fsp3) is 0.458. The molecule has 5 heteroatoms. The number of piperidine rings is 1. The summed E-state index contributed by atoms with van der Waals surface area (Å²) in [4.78, 5) is 0. The van der Waals surface area contributed by atoms with Gasteiger partial charge in [0.2, 0.25) is 0 Å². The lowest BCUT2D eigenvalue weighted by Crippen LogP contribution is -2.48. The first-order chi connectivity index (χ1) is 13.6. The molecule has 3 atom stereocenters. The van der Waals surface area contributed by atoms with Crippen molar-refractivity contribution in [2.75, 3.05) is 13.2 Å². The van der Waals surface area contributed by atoms with Crippen molar-refractivity contribution >= 4 is 12.4 Å². The molecule has 29 heavy (non-hydrogen) atoms. The van der Waals surface area contributed by atoms with E-state index in [1.807, 2.05) is 32.0 Å². The zero-order valence-electron chi connectivity index (χ0n) is 17.1. The molecule has 2 heterocycles. The van der Waals surface area contributed by atoms with Crippen molar-refractivity contribution in [3.05, 3.63) is 65.2 Å². The number of hydrogen-bond acceptors (Lipinski definition) is 4. The first kappa shape index (κ1) is 21.6. The molecule has 0 saturated carbocycles. The standard InChI is InChI=1S/C24H28N2O2.ClH/c1-17(2)28-22-10-9-18(15-25)13-21(22)20-14-24(27-16-20)11-6-12-26-23(24)19-7-4-3-5-8-19;/h3-5,7-10,13,17,20,23,26H,6,11-12,14,16H2,1-2H3;1H/t20-,23+,24-;/m1./s1. The Morgan fingerprint density at radius 3 is 2.72 bits per heavy atom. The van der Waals surface area contributed by atoms with E-state index in [-0.39, 0.29) is 36.1 Å². The van der Waals surface area contributed by atoms with Crippen LogP contribution >= 0.6 is 12.4 Å². The number of rotatable bonds is 4. The van der Waals surface area contributed by atoms with Gasteiger partial charge in [-0.05, 0) is 63.4 Å². The Morgan fingerprint density at radius 2 is 2.00 bits per heavy atom. The summed E-state index contributed by atoms with van der Waals surface area (Å²) in [6.07, 6.45) is 3.19. The second-order valence-corrected chi connectivity index (χ2v) is 8.21. The molecule has 154 valence electrons. The highest BCUT2D eigenvalue weighted by molar-refractivity contribution is 5.85. The molecule has 2 fully saturated rings. The van der Waals surface area contributed by atoms with Gasteiger partial charge in [0.25, 0.3) is 0 Å². The van der Waals surface area contributed by atoms with Crippen LogP contribution < -0.4 is 10.1 Å². The van der Waals surface area contributed by atoms with E-state index in [9.17, 15) is 5.26 Å². The second kappa shape index (κ2) is 9.17. The molecule has 0 aromatic heterocycles. The van der Waals surface area contributed by atoms with Gasteiger partial charge < -0.3 is 14.8 Å². The van der Waals surface area contributed by atoms with E-state index in [1.165, 1.54) is 5.56 Å². The number of nitriles is 1. The monoisotopic (exact) mass is 412 g/mol. The minimum absolute atomic E-state index is 0. The van der Waals surface area contributed by atoms with Crippen LogP contribution in [-0.2, 0) is 4.74 Å². The maximum absolute atomic E-state index is 9.38. The van der Waals surface area contributed by atoms with E-state index in [0.717, 1.165) is 37.1 Å². The largest absolute Gasteiger partial charge is 0.491 e. The molecule has 2 aromatic rings. The van der Waals surface area contributed by atoms with Crippen LogP contribution in [0.2, 0.25) is 0 Å². The van der Waals surface area contributed by atoms with Crippen LogP contribution in [0.1, 0.15) is 61.8 Å². The molecule has 2 saturated heterocycles. The quantitative estimate of drug-likeness (QED) is 0.755. The van der Waals surface area contributed by atoms with Crippen molar-refractivity contribution in [1.82, 2.24) is 5.32 Å². The van der Waals surface area contributed by atoms with E-state index in [0.29, 0.717) is 12.2 Å². The van der Waals surface area contributed by atoms with E-state index in [2.05, 4.69) is 41.7 Å². The predicted octanol–water partition coefficient (Wildman–Crippen LogP) is 5.13. The maximum atomic E-state index is 9.38. The average Bonchev–Trinajstić information content (AvgIpc) is 3.13. The third-order valence-electron chi connectivity index (χ3n) is 5.89. The van der Waals surface area contributed by atoms with E-state index in [4.69, 9.17) is 9.47 Å². The average molecular weight is 413 g/mol. The summed E-state index contributed by atoms with van der Waals surface area (Å²) in [5.41, 5.74) is 2.85. The van der Waals surface area contributed by atoms with Crippen molar-refractivity contribution in [3.8, 4) is 11.8 Å². The highest BCUT2D eigenvalue weighted by Gasteiger charge is 2.49. The molecule has 0 aliphatic carbocycles. The smallest absolute Gasteiger partial charge is 0.123 e. The van der Waals surface area contributed by atoms with Crippen molar-refractivity contribution in [2.24, 2.45) is 0 Å². The first-order valence-electron chi connectivity index (χ1n) is 10.2. The van der Waals surface area contributed by atoms with Gasteiger partial charge in [-0.2, -0.15) is 5.26 Å². The number of benzene rings is 2. The molecule has 2 aliphatic heterocycles. The van der Waals surface area contributed by atoms with Crippen LogP contribution in [0.15, 0.2) is 48.5 Å². The van der Waals surface area contributed by atoms with Gasteiger partial charge >= 0.3 is 0 Å². The number of nitrogens with zero attached hydrogens (tertiary/aromatic N) is 1. The van der Waals surface area contributed by atoms with Crippen LogP contribution in [0.4, 0.5) is 0 Å². The van der Waals surface area contributed by atoms with Crippen LogP contribution in [-0.4, -0.2) is 24.9 Å². The van der Waals surface area contributed by atoms with Crippen molar-refractivity contribution in [3.63, 3.8) is 0 Å². The molecule has 2 aromatic carbocycles. The fourth-order valence-corrected chi connectivity index (χ4v) is 4.71. The highest BCUT2D eigenvalue weighted by atomic mass is 35.5. The summed E-state index contributed by atoms with van der Waals surface area (Å²) in [7, 11) is 0. The summed E-state index contributed by atoms with van der Waals surface area (Å²) >= 11 is 0. The summed E-state index contributed by atoms with van der Waals surface area (Å²) in [6, 6.07) is 18.8. The Labute approximate surface area is 179 Å². The van der Waals surface area contributed by atoms with E-state index >= 15 is 0 Å². The van der Waals surface area contributed by atoms with E-state index in [1.54, 1.807) is 0 Å². The van der Waals surface area contributed by atoms with Gasteiger partial charge in [-0.3, -0.25) is 0 Å². The maximum Gasteiger partial charge on any atom is 0.123 e. The molecule has 1 spiro atoms. The molecule has 0 bridgehead atoms. The lowest BCUT2D eigenvalue weighted by molar-refractivity contribution is -0.0484. The van der Waals surface area contributed by atoms with Gasteiger partial charge in [0.05, 0.1) is 36.0 Å². The SMILES string of the molecule is CC(C)Oc1ccc(C#N)cc1[C@H]1CO[C@]2(CCCN[C@H]2c2ccccc2)C1.Cl. The summed E-state index contributed by atoms with van der Waals surface area (Å²) in [6.45, 7) is 5.74. The Bertz CT molecular complexity index is 865. The lowest BCUT2D eigenvalue weighted by Gasteiger charge is -2.41. The molecule has 0 radical (unpaired) electrons. The molecular formula is C24H29ClN2O2. The minimum atomic E-state index is -0.206. The van der Waals surface area contributed by atoms with Gasteiger partial charge in [-0.15, -0.1) is 12.4 Å². The predicted molar refractivity (Wildman–Crippen MR) is 117 cm³/mol. The third-order valence-corrected chi connectivity index (χ3v) is 5.89. The summed E-state index contributed by atoms with van der Waals surface area (Å²) < 4.78 is 12.6. The zero-order chi connectivity index (χ0) is 19.6. The number of nitrogens with one attached hydrogen (secondary N) is 1. The molecule has 1 N–H and O–H groups in total. The summed E-state index contributed by atoms with van der Waals surface area (Å²) in [5.74, 6) is 1.10. The second-order valence-electron chi connectivity index (χ2n) is 8.21. The Morgan fingerprint density at radius 1 is 1.21 bits per heavy atom. The van der Waals surface area contributed by atoms with Gasteiger partial charge in [-0.1, -0.05) is 30.3 Å². The number of ether oxygens (including phenoxy) is 2. The molecule has 0 unspecified atom stereocenters. The molecule has 0 amide bonds. The van der Waals surface area contributed by atoms with Gasteiger partial charge in [0, 0.05) is 11.5 Å². The topological polar surface area (TPSA) is 54.3 Å². The normalized spacial score (nSPS) is 26.1. The third kappa shape index (κ3) is 4.43. The van der Waals surface area contributed by atoms with Gasteiger partial charge in [0.1, 0.15) is 5.75 Å². The number of hydrogen-bond donors (Lipinski definition) is 1. The van der Waals surface area contributed by atoms with Gasteiger partial charge in [-0.25, -0.2) is 0 Å². The minimum Gasteiger partial charge on any atom is -0.491 e. The molecule has 2 aliphatic rings. The first-order valence-corrected chi connectivity index (χ1v) is 10.2. The van der Waals surface area contributed by atoms with E-state index < -0.39 is 0 Å². The zero-order valence-corrected chi connectivity index (χ0v) is 17.9. The highest BCUT2D eigenvalue weighted by Crippen LogP contribution is 2.49. The number of halogens is 1. The molecule has 4 rings (SSSR count). The van der Waals surface area contributed by atoms with Crippen LogP contribution in [0, 0.1) is 11.3 Å². The fourth-order valence-electron chi connectivity index (χ4n) is 4.71. The van der Waals surface area contributed by atoms with Gasteiger partial charge in [0.15, 0.2) is 0 Å². The van der Waals surface area contributed by atoms with Crippen LogP contribution in [0.5, 0.6) is 5.75 Å². The summed E-state index contributed by atoms with van der Waals surface area (Å²) in [5, 5.41) is 13.1. The molecule has 4 nitrogen and oxygen atoms in total. The van der Waals surface area contributed by atoms with Crippen molar-refractivity contribution < 1.29 is 9.47 Å².